The Morgan fingerprint density at radius 3 is 2.71 bits per heavy atom. The van der Waals surface area contributed by atoms with Crippen molar-refractivity contribution < 1.29 is 14.3 Å². The van der Waals surface area contributed by atoms with E-state index in [2.05, 4.69) is 12.1 Å². The van der Waals surface area contributed by atoms with Crippen LogP contribution in [0.3, 0.4) is 0 Å². The van der Waals surface area contributed by atoms with E-state index in [4.69, 9.17) is 15.2 Å². The molecule has 1 saturated heterocycles. The van der Waals surface area contributed by atoms with Crippen molar-refractivity contribution in [2.75, 3.05) is 33.4 Å². The zero-order valence-electron chi connectivity index (χ0n) is 15.8. The van der Waals surface area contributed by atoms with Crippen LogP contribution < -0.4 is 15.2 Å². The molecule has 2 heterocycles. The molecule has 2 aromatic rings. The molecule has 2 aliphatic heterocycles. The van der Waals surface area contributed by atoms with Crippen LogP contribution in [-0.2, 0) is 4.79 Å². The quantitative estimate of drug-likeness (QED) is 0.856. The van der Waals surface area contributed by atoms with Gasteiger partial charge in [0, 0.05) is 24.6 Å². The van der Waals surface area contributed by atoms with Crippen LogP contribution in [0.1, 0.15) is 17.0 Å². The van der Waals surface area contributed by atoms with Gasteiger partial charge in [0.25, 0.3) is 5.91 Å². The summed E-state index contributed by atoms with van der Waals surface area (Å²) in [5.74, 6) is 2.10. The number of carbonyl (C=O) groups is 1. The fraction of sp³-hybridized carbons (Fsp3) is 0.318. The minimum atomic E-state index is 0. The van der Waals surface area contributed by atoms with Crippen LogP contribution in [-0.4, -0.2) is 44.2 Å². The number of rotatable bonds is 4. The van der Waals surface area contributed by atoms with E-state index >= 15 is 0 Å². The monoisotopic (exact) mass is 400 g/mol. The number of amides is 1. The molecule has 2 N–H and O–H groups in total. The minimum absolute atomic E-state index is 0. The number of likely N-dealkylation sites (tertiary alicyclic amines) is 1. The molecule has 1 fully saturated rings. The first-order valence-electron chi connectivity index (χ1n) is 9.25. The van der Waals surface area contributed by atoms with E-state index in [1.807, 2.05) is 47.4 Å². The van der Waals surface area contributed by atoms with E-state index in [0.29, 0.717) is 25.2 Å². The Balaban J connectivity index is 0.00000225. The molecule has 0 saturated carbocycles. The zero-order valence-corrected chi connectivity index (χ0v) is 16.7. The predicted molar refractivity (Wildman–Crippen MR) is 112 cm³/mol. The van der Waals surface area contributed by atoms with Gasteiger partial charge in [-0.1, -0.05) is 30.3 Å². The molecule has 2 aliphatic rings. The van der Waals surface area contributed by atoms with Crippen LogP contribution in [0.15, 0.2) is 54.1 Å². The molecule has 6 heteroatoms. The highest BCUT2D eigenvalue weighted by molar-refractivity contribution is 5.99. The van der Waals surface area contributed by atoms with Crippen LogP contribution in [0, 0.1) is 5.92 Å². The van der Waals surface area contributed by atoms with Gasteiger partial charge in [-0.3, -0.25) is 4.79 Å². The third-order valence-electron chi connectivity index (χ3n) is 5.46. The molecule has 2 atom stereocenters. The van der Waals surface area contributed by atoms with Crippen LogP contribution in [0.4, 0.5) is 0 Å². The van der Waals surface area contributed by atoms with Gasteiger partial charge in [0.05, 0.1) is 12.7 Å². The van der Waals surface area contributed by atoms with Crippen LogP contribution in [0.25, 0.3) is 6.08 Å². The molecule has 0 aromatic heterocycles. The van der Waals surface area contributed by atoms with Gasteiger partial charge in [-0.2, -0.15) is 0 Å². The van der Waals surface area contributed by atoms with Crippen molar-refractivity contribution in [1.82, 2.24) is 4.90 Å². The predicted octanol–water partition coefficient (Wildman–Crippen LogP) is 3.09. The number of nitrogens with zero attached hydrogens (tertiary/aromatic N) is 1. The van der Waals surface area contributed by atoms with Crippen LogP contribution in [0.2, 0.25) is 0 Å². The van der Waals surface area contributed by atoms with Gasteiger partial charge in [0.15, 0.2) is 0 Å². The average molecular weight is 401 g/mol. The van der Waals surface area contributed by atoms with E-state index in [-0.39, 0.29) is 36.8 Å². The number of nitrogens with two attached hydrogens (primary N) is 1. The second-order valence-corrected chi connectivity index (χ2v) is 7.09. The normalized spacial score (nSPS) is 20.5. The summed E-state index contributed by atoms with van der Waals surface area (Å²) < 4.78 is 11.1. The summed E-state index contributed by atoms with van der Waals surface area (Å²) in [6.45, 7) is 2.22. The molecular formula is C22H25ClN2O3. The number of methoxy groups -OCH3 is 1. The van der Waals surface area contributed by atoms with E-state index in [9.17, 15) is 4.79 Å². The summed E-state index contributed by atoms with van der Waals surface area (Å²) in [4.78, 5) is 15.0. The molecule has 0 unspecified atom stereocenters. The van der Waals surface area contributed by atoms with E-state index in [0.717, 1.165) is 17.1 Å². The molecule has 5 nitrogen and oxygen atoms in total. The van der Waals surface area contributed by atoms with Crippen molar-refractivity contribution in [3.05, 3.63) is 65.2 Å². The maximum absolute atomic E-state index is 13.1. The van der Waals surface area contributed by atoms with Gasteiger partial charge in [-0.15, -0.1) is 12.4 Å². The summed E-state index contributed by atoms with van der Waals surface area (Å²) in [6.07, 6.45) is 1.91. The van der Waals surface area contributed by atoms with Crippen LogP contribution in [0.5, 0.6) is 11.5 Å². The van der Waals surface area contributed by atoms with Crippen molar-refractivity contribution in [2.45, 2.75) is 5.92 Å². The lowest BCUT2D eigenvalue weighted by molar-refractivity contribution is -0.126. The standard InChI is InChI=1S/C22H24N2O3.ClH/c1-26-19-7-8-21-16(10-19)9-17(14-27-21)22(25)24-12-18(11-23)20(13-24)15-5-3-2-4-6-15;/h2-10,18,20H,11-14,23H2,1H3;1H/t18-,20+;/m1./s1. The molecule has 2 aromatic carbocycles. The first-order valence-corrected chi connectivity index (χ1v) is 9.25. The lowest BCUT2D eigenvalue weighted by Crippen LogP contribution is -2.33. The van der Waals surface area contributed by atoms with E-state index in [1.165, 1.54) is 5.56 Å². The molecule has 0 radical (unpaired) electrons. The molecule has 28 heavy (non-hydrogen) atoms. The van der Waals surface area contributed by atoms with Gasteiger partial charge >= 0.3 is 0 Å². The van der Waals surface area contributed by atoms with Crippen molar-refractivity contribution in [3.63, 3.8) is 0 Å². The Morgan fingerprint density at radius 1 is 1.21 bits per heavy atom. The van der Waals surface area contributed by atoms with Gasteiger partial charge in [0.1, 0.15) is 18.1 Å². The highest BCUT2D eigenvalue weighted by Gasteiger charge is 2.36. The molecule has 4 rings (SSSR count). The molecule has 0 spiro atoms. The minimum Gasteiger partial charge on any atom is -0.497 e. The van der Waals surface area contributed by atoms with Crippen molar-refractivity contribution in [1.29, 1.82) is 0 Å². The van der Waals surface area contributed by atoms with Crippen LogP contribution >= 0.6 is 12.4 Å². The van der Waals surface area contributed by atoms with E-state index in [1.54, 1.807) is 7.11 Å². The van der Waals surface area contributed by atoms with Crippen molar-refractivity contribution in [2.24, 2.45) is 11.7 Å². The molecule has 1 amide bonds. The van der Waals surface area contributed by atoms with Crippen molar-refractivity contribution in [3.8, 4) is 11.5 Å². The van der Waals surface area contributed by atoms with Crippen molar-refractivity contribution >= 4 is 24.4 Å². The smallest absolute Gasteiger partial charge is 0.253 e. The molecule has 0 aliphatic carbocycles. The number of carbonyl (C=O) groups excluding carboxylic acids is 1. The Hall–Kier alpha value is -2.50. The largest absolute Gasteiger partial charge is 0.497 e. The first kappa shape index (κ1) is 20.2. The Morgan fingerprint density at radius 2 is 2.00 bits per heavy atom. The fourth-order valence-corrected chi connectivity index (χ4v) is 3.96. The summed E-state index contributed by atoms with van der Waals surface area (Å²) in [6, 6.07) is 15.9. The summed E-state index contributed by atoms with van der Waals surface area (Å²) in [7, 11) is 1.63. The maximum Gasteiger partial charge on any atom is 0.253 e. The highest BCUT2D eigenvalue weighted by Crippen LogP contribution is 2.34. The zero-order chi connectivity index (χ0) is 18.8. The van der Waals surface area contributed by atoms with Gasteiger partial charge in [-0.05, 0) is 42.3 Å². The number of halogens is 1. The third kappa shape index (κ3) is 3.86. The van der Waals surface area contributed by atoms with Gasteiger partial charge < -0.3 is 20.1 Å². The first-order chi connectivity index (χ1) is 13.2. The van der Waals surface area contributed by atoms with Gasteiger partial charge in [-0.25, -0.2) is 0 Å². The van der Waals surface area contributed by atoms with Gasteiger partial charge in [0.2, 0.25) is 0 Å². The molecule has 0 bridgehead atoms. The number of hydrogen-bond acceptors (Lipinski definition) is 4. The van der Waals surface area contributed by atoms with E-state index < -0.39 is 0 Å². The lowest BCUT2D eigenvalue weighted by atomic mass is 9.89. The summed E-state index contributed by atoms with van der Waals surface area (Å²) in [5, 5.41) is 0. The Labute approximate surface area is 171 Å². The SMILES string of the molecule is COc1ccc2c(c1)C=C(C(=O)N1C[C@@H](CN)[C@H](c3ccccc3)C1)CO2.Cl. The third-order valence-corrected chi connectivity index (χ3v) is 5.46. The fourth-order valence-electron chi connectivity index (χ4n) is 3.96. The Kier molecular flexibility index (Phi) is 6.27. The number of benzene rings is 2. The summed E-state index contributed by atoms with van der Waals surface area (Å²) >= 11 is 0. The average Bonchev–Trinajstić information content (AvgIpc) is 3.17. The second kappa shape index (κ2) is 8.67. The second-order valence-electron chi connectivity index (χ2n) is 7.09. The molecular weight excluding hydrogens is 376 g/mol. The number of hydrogen-bond donors (Lipinski definition) is 1. The Bertz CT molecular complexity index is 869. The number of ether oxygens (including phenoxy) is 2. The summed E-state index contributed by atoms with van der Waals surface area (Å²) in [5.41, 5.74) is 8.79. The highest BCUT2D eigenvalue weighted by atomic mass is 35.5. The number of fused-ring (bicyclic) bond motifs is 1. The molecule has 148 valence electrons. The topological polar surface area (TPSA) is 64.8 Å². The lowest BCUT2D eigenvalue weighted by Gasteiger charge is -2.22. The maximum atomic E-state index is 13.1.